The van der Waals surface area contributed by atoms with Gasteiger partial charge in [0.05, 0.1) is 23.7 Å². The van der Waals surface area contributed by atoms with Crippen LogP contribution in [0.5, 0.6) is 0 Å². The van der Waals surface area contributed by atoms with E-state index in [2.05, 4.69) is 15.6 Å². The first-order chi connectivity index (χ1) is 18.7. The molecule has 196 valence electrons. The summed E-state index contributed by atoms with van der Waals surface area (Å²) in [5.74, 6) is -3.48. The molecule has 0 spiro atoms. The van der Waals surface area contributed by atoms with Crippen LogP contribution in [0.2, 0.25) is 5.02 Å². The Morgan fingerprint density at radius 2 is 1.67 bits per heavy atom. The maximum Gasteiger partial charge on any atom is 0.335 e. The van der Waals surface area contributed by atoms with Crippen molar-refractivity contribution in [2.45, 2.75) is 19.5 Å². The monoisotopic (exact) mass is 546 g/mol. The van der Waals surface area contributed by atoms with Gasteiger partial charge in [-0.2, -0.15) is 0 Å². The number of carboxylic acids is 1. The number of nitrogens with one attached hydrogen (secondary N) is 1. The normalized spacial score (nSPS) is 11.9. The van der Waals surface area contributed by atoms with Gasteiger partial charge in [-0.15, -0.1) is 5.10 Å². The quantitative estimate of drug-likeness (QED) is 0.251. The second-order valence-corrected chi connectivity index (χ2v) is 9.45. The van der Waals surface area contributed by atoms with Gasteiger partial charge in [-0.1, -0.05) is 47.1 Å². The van der Waals surface area contributed by atoms with Gasteiger partial charge in [0.2, 0.25) is 0 Å². The summed E-state index contributed by atoms with van der Waals surface area (Å²) >= 11 is 6.01. The van der Waals surface area contributed by atoms with Crippen LogP contribution in [0.1, 0.15) is 44.8 Å². The maximum absolute atomic E-state index is 14.0. The summed E-state index contributed by atoms with van der Waals surface area (Å²) in [6.07, 6.45) is 0. The Labute approximate surface area is 226 Å². The molecule has 39 heavy (non-hydrogen) atoms. The number of fused-ring (bicyclic) bond motifs is 1. The largest absolute Gasteiger partial charge is 0.478 e. The van der Waals surface area contributed by atoms with Crippen molar-refractivity contribution in [1.82, 2.24) is 20.3 Å². The molecule has 5 rings (SSSR count). The zero-order chi connectivity index (χ0) is 27.7. The number of hydrogen-bond acceptors (Lipinski definition) is 4. The van der Waals surface area contributed by atoms with Crippen molar-refractivity contribution in [1.29, 1.82) is 0 Å². The highest BCUT2D eigenvalue weighted by atomic mass is 35.5. The number of aromatic carboxylic acids is 1. The average Bonchev–Trinajstić information content (AvgIpc) is 3.33. The second-order valence-electron chi connectivity index (χ2n) is 9.02. The van der Waals surface area contributed by atoms with Crippen molar-refractivity contribution in [2.75, 3.05) is 0 Å². The standard InChI is InChI=1S/C29H21ClF2N4O3/c1-16(18-4-6-19(7-5-18)29(38)39)33-28(37)23-12-21(20-8-11-24(31)25(32)13-20)14-26-27(23)36(35-34-26)15-17-2-9-22(30)10-3-17/h2-14,16H,15H2,1H3,(H,33,37)(H,38,39)/t16-/m0/s1. The summed E-state index contributed by atoms with van der Waals surface area (Å²) in [6.45, 7) is 2.08. The lowest BCUT2D eigenvalue weighted by Gasteiger charge is -2.16. The lowest BCUT2D eigenvalue weighted by Crippen LogP contribution is -2.27. The van der Waals surface area contributed by atoms with Gasteiger partial charge in [-0.05, 0) is 77.7 Å². The smallest absolute Gasteiger partial charge is 0.335 e. The molecule has 1 heterocycles. The molecule has 0 saturated heterocycles. The Morgan fingerprint density at radius 1 is 0.949 bits per heavy atom. The second kappa shape index (κ2) is 10.6. The van der Waals surface area contributed by atoms with Gasteiger partial charge < -0.3 is 10.4 Å². The molecule has 0 unspecified atom stereocenters. The average molecular weight is 547 g/mol. The number of carbonyl (C=O) groups excluding carboxylic acids is 1. The molecule has 1 atom stereocenters. The lowest BCUT2D eigenvalue weighted by atomic mass is 10.00. The number of amides is 1. The highest BCUT2D eigenvalue weighted by molar-refractivity contribution is 6.30. The van der Waals surface area contributed by atoms with Crippen LogP contribution in [0, 0.1) is 11.6 Å². The summed E-state index contributed by atoms with van der Waals surface area (Å²) < 4.78 is 29.2. The Hall–Kier alpha value is -4.63. The predicted octanol–water partition coefficient (Wildman–Crippen LogP) is 6.27. The zero-order valence-corrected chi connectivity index (χ0v) is 21.3. The molecular formula is C29H21ClF2N4O3. The molecule has 1 aromatic heterocycles. The molecule has 7 nitrogen and oxygen atoms in total. The van der Waals surface area contributed by atoms with E-state index in [0.717, 1.165) is 17.7 Å². The first-order valence-electron chi connectivity index (χ1n) is 11.9. The van der Waals surface area contributed by atoms with Gasteiger partial charge >= 0.3 is 5.97 Å². The highest BCUT2D eigenvalue weighted by Gasteiger charge is 2.21. The zero-order valence-electron chi connectivity index (χ0n) is 20.5. The van der Waals surface area contributed by atoms with E-state index in [9.17, 15) is 18.4 Å². The molecule has 10 heteroatoms. The van der Waals surface area contributed by atoms with Crippen molar-refractivity contribution in [3.8, 4) is 11.1 Å². The molecule has 0 aliphatic rings. The minimum absolute atomic E-state index is 0.135. The number of rotatable bonds is 7. The minimum atomic E-state index is -1.05. The molecule has 1 amide bonds. The van der Waals surface area contributed by atoms with Crippen LogP contribution in [0.15, 0.2) is 78.9 Å². The van der Waals surface area contributed by atoms with E-state index >= 15 is 0 Å². The van der Waals surface area contributed by atoms with Gasteiger partial charge in [0.1, 0.15) is 11.0 Å². The number of halogens is 3. The van der Waals surface area contributed by atoms with Crippen molar-refractivity contribution >= 4 is 34.5 Å². The van der Waals surface area contributed by atoms with Crippen molar-refractivity contribution in [3.05, 3.63) is 118 Å². The van der Waals surface area contributed by atoms with Gasteiger partial charge in [0.15, 0.2) is 11.6 Å². The number of carbonyl (C=O) groups is 2. The van der Waals surface area contributed by atoms with Gasteiger partial charge in [-0.3, -0.25) is 4.79 Å². The van der Waals surface area contributed by atoms with E-state index in [4.69, 9.17) is 16.7 Å². The third-order valence-corrected chi connectivity index (χ3v) is 6.61. The third kappa shape index (κ3) is 5.49. The predicted molar refractivity (Wildman–Crippen MR) is 143 cm³/mol. The SMILES string of the molecule is C[C@H](NC(=O)c1cc(-c2ccc(F)c(F)c2)cc2nnn(Cc3ccc(Cl)cc3)c12)c1ccc(C(=O)O)cc1. The van der Waals surface area contributed by atoms with Gasteiger partial charge in [-0.25, -0.2) is 18.3 Å². The number of aromatic nitrogens is 3. The molecule has 0 radical (unpaired) electrons. The van der Waals surface area contributed by atoms with Crippen LogP contribution in [-0.2, 0) is 6.54 Å². The fraction of sp³-hybridized carbons (Fsp3) is 0.103. The minimum Gasteiger partial charge on any atom is -0.478 e. The number of hydrogen-bond donors (Lipinski definition) is 2. The first-order valence-corrected chi connectivity index (χ1v) is 12.3. The van der Waals surface area contributed by atoms with E-state index < -0.39 is 29.6 Å². The van der Waals surface area contributed by atoms with E-state index in [1.807, 2.05) is 12.1 Å². The number of carboxylic acid groups (broad SMARTS) is 1. The summed E-state index contributed by atoms with van der Waals surface area (Å²) in [5.41, 5.74) is 3.65. The van der Waals surface area contributed by atoms with E-state index in [-0.39, 0.29) is 11.1 Å². The molecular weight excluding hydrogens is 526 g/mol. The summed E-state index contributed by atoms with van der Waals surface area (Å²) in [7, 11) is 0. The Balaban J connectivity index is 1.56. The van der Waals surface area contributed by atoms with Crippen molar-refractivity contribution in [3.63, 3.8) is 0 Å². The van der Waals surface area contributed by atoms with Crippen molar-refractivity contribution < 1.29 is 23.5 Å². The Morgan fingerprint density at radius 3 is 2.33 bits per heavy atom. The lowest BCUT2D eigenvalue weighted by molar-refractivity contribution is 0.0696. The van der Waals surface area contributed by atoms with E-state index in [1.54, 1.807) is 48.0 Å². The highest BCUT2D eigenvalue weighted by Crippen LogP contribution is 2.29. The van der Waals surface area contributed by atoms with Crippen molar-refractivity contribution in [2.24, 2.45) is 0 Å². The van der Waals surface area contributed by atoms with Gasteiger partial charge in [0.25, 0.3) is 5.91 Å². The molecule has 5 aromatic rings. The molecule has 0 bridgehead atoms. The fourth-order valence-electron chi connectivity index (χ4n) is 4.27. The first kappa shape index (κ1) is 26.0. The molecule has 0 aliphatic heterocycles. The molecule has 4 aromatic carbocycles. The summed E-state index contributed by atoms with van der Waals surface area (Å²) in [4.78, 5) is 24.8. The van der Waals surface area contributed by atoms with E-state index in [0.29, 0.717) is 39.3 Å². The molecule has 0 saturated carbocycles. The van der Waals surface area contributed by atoms with E-state index in [1.165, 1.54) is 18.2 Å². The maximum atomic E-state index is 14.0. The fourth-order valence-corrected chi connectivity index (χ4v) is 4.40. The van der Waals surface area contributed by atoms with Crippen LogP contribution in [0.3, 0.4) is 0 Å². The van der Waals surface area contributed by atoms with Crippen LogP contribution >= 0.6 is 11.6 Å². The molecule has 0 fully saturated rings. The Kier molecular flexibility index (Phi) is 7.08. The summed E-state index contributed by atoms with van der Waals surface area (Å²) in [6, 6.07) is 19.7. The molecule has 0 aliphatic carbocycles. The van der Waals surface area contributed by atoms with Crippen LogP contribution in [0.25, 0.3) is 22.2 Å². The van der Waals surface area contributed by atoms with Gasteiger partial charge in [0, 0.05) is 5.02 Å². The van der Waals surface area contributed by atoms with Crippen LogP contribution in [-0.4, -0.2) is 32.0 Å². The number of nitrogens with zero attached hydrogens (tertiary/aromatic N) is 3. The topological polar surface area (TPSA) is 97.1 Å². The Bertz CT molecular complexity index is 1700. The van der Waals surface area contributed by atoms with Crippen LogP contribution < -0.4 is 5.32 Å². The summed E-state index contributed by atoms with van der Waals surface area (Å²) in [5, 5.41) is 21.2. The third-order valence-electron chi connectivity index (χ3n) is 6.36. The van der Waals surface area contributed by atoms with Crippen LogP contribution in [0.4, 0.5) is 8.78 Å². The molecule has 2 N–H and O–H groups in total. The number of benzene rings is 4.